The quantitative estimate of drug-likeness (QED) is 0.756. The first-order valence-corrected chi connectivity index (χ1v) is 7.01. The lowest BCUT2D eigenvalue weighted by Gasteiger charge is -2.18. The summed E-state index contributed by atoms with van der Waals surface area (Å²) in [7, 11) is 0. The van der Waals surface area contributed by atoms with Crippen LogP contribution in [0.3, 0.4) is 0 Å². The number of nitrogens with one attached hydrogen (secondary N) is 1. The SMILES string of the molecule is Cc1ccc(C(C)Nc2cc(Cl)cc(Cl)c2)c(C)c1. The van der Waals surface area contributed by atoms with Gasteiger partial charge in [0.15, 0.2) is 0 Å². The van der Waals surface area contributed by atoms with Gasteiger partial charge in [-0.15, -0.1) is 0 Å². The molecule has 0 aliphatic carbocycles. The third kappa shape index (κ3) is 3.65. The average Bonchev–Trinajstić information content (AvgIpc) is 2.26. The van der Waals surface area contributed by atoms with E-state index < -0.39 is 0 Å². The van der Waals surface area contributed by atoms with Crippen LogP contribution in [0.25, 0.3) is 0 Å². The van der Waals surface area contributed by atoms with Crippen LogP contribution < -0.4 is 5.32 Å². The van der Waals surface area contributed by atoms with Gasteiger partial charge >= 0.3 is 0 Å². The highest BCUT2D eigenvalue weighted by Crippen LogP contribution is 2.27. The minimum Gasteiger partial charge on any atom is -0.378 e. The summed E-state index contributed by atoms with van der Waals surface area (Å²) in [5, 5.41) is 4.71. The molecule has 1 nitrogen and oxygen atoms in total. The second-order valence-electron chi connectivity index (χ2n) is 4.88. The molecule has 3 heteroatoms. The number of halogens is 2. The first-order chi connectivity index (χ1) is 8.95. The molecular formula is C16H17Cl2N. The first-order valence-electron chi connectivity index (χ1n) is 6.25. The molecule has 1 unspecified atom stereocenters. The topological polar surface area (TPSA) is 12.0 Å². The van der Waals surface area contributed by atoms with Gasteiger partial charge in [0.2, 0.25) is 0 Å². The molecule has 0 aromatic heterocycles. The molecule has 1 N–H and O–H groups in total. The molecule has 0 fully saturated rings. The maximum Gasteiger partial charge on any atom is 0.0488 e. The molecule has 0 amide bonds. The molecule has 0 saturated carbocycles. The molecule has 2 aromatic carbocycles. The fraction of sp³-hybridized carbons (Fsp3) is 0.250. The van der Waals surface area contributed by atoms with Gasteiger partial charge in [-0.3, -0.25) is 0 Å². The third-order valence-corrected chi connectivity index (χ3v) is 3.57. The van der Waals surface area contributed by atoms with Crippen molar-refractivity contribution in [1.82, 2.24) is 0 Å². The van der Waals surface area contributed by atoms with Crippen LogP contribution in [0.15, 0.2) is 36.4 Å². The summed E-state index contributed by atoms with van der Waals surface area (Å²) in [6, 6.07) is 12.2. The maximum absolute atomic E-state index is 6.01. The Balaban J connectivity index is 2.22. The maximum atomic E-state index is 6.01. The molecule has 100 valence electrons. The van der Waals surface area contributed by atoms with Gasteiger partial charge in [0.1, 0.15) is 0 Å². The lowest BCUT2D eigenvalue weighted by molar-refractivity contribution is 0.873. The third-order valence-electron chi connectivity index (χ3n) is 3.14. The molecule has 0 saturated heterocycles. The van der Waals surface area contributed by atoms with E-state index in [9.17, 15) is 0 Å². The van der Waals surface area contributed by atoms with E-state index in [0.717, 1.165) is 5.69 Å². The number of hydrogen-bond acceptors (Lipinski definition) is 1. The van der Waals surface area contributed by atoms with E-state index >= 15 is 0 Å². The first kappa shape index (κ1) is 14.2. The predicted octanol–water partition coefficient (Wildman–Crippen LogP) is 5.78. The molecule has 19 heavy (non-hydrogen) atoms. The van der Waals surface area contributed by atoms with Gasteiger partial charge in [0.25, 0.3) is 0 Å². The monoisotopic (exact) mass is 293 g/mol. The van der Waals surface area contributed by atoms with Crippen molar-refractivity contribution in [1.29, 1.82) is 0 Å². The second-order valence-corrected chi connectivity index (χ2v) is 5.76. The molecule has 0 aliphatic rings. The van der Waals surface area contributed by atoms with Crippen LogP contribution in [-0.4, -0.2) is 0 Å². The average molecular weight is 294 g/mol. The Labute approximate surface area is 124 Å². The molecule has 2 rings (SSSR count). The zero-order valence-electron chi connectivity index (χ0n) is 11.3. The van der Waals surface area contributed by atoms with Crippen molar-refractivity contribution in [3.05, 3.63) is 63.1 Å². The van der Waals surface area contributed by atoms with Crippen molar-refractivity contribution in [2.75, 3.05) is 5.32 Å². The molecule has 2 aromatic rings. The van der Waals surface area contributed by atoms with Crippen LogP contribution in [0.2, 0.25) is 10.0 Å². The Kier molecular flexibility index (Phi) is 4.38. The van der Waals surface area contributed by atoms with Crippen molar-refractivity contribution in [3.63, 3.8) is 0 Å². The number of hydrogen-bond donors (Lipinski definition) is 1. The molecular weight excluding hydrogens is 277 g/mol. The van der Waals surface area contributed by atoms with Gasteiger partial charge in [0.05, 0.1) is 0 Å². The zero-order chi connectivity index (χ0) is 14.0. The number of rotatable bonds is 3. The summed E-state index contributed by atoms with van der Waals surface area (Å²) in [6.45, 7) is 6.36. The molecule has 0 heterocycles. The van der Waals surface area contributed by atoms with Crippen molar-refractivity contribution >= 4 is 28.9 Å². The van der Waals surface area contributed by atoms with Gasteiger partial charge in [-0.1, -0.05) is 47.0 Å². The van der Waals surface area contributed by atoms with E-state index in [2.05, 4.69) is 44.3 Å². The van der Waals surface area contributed by atoms with Crippen molar-refractivity contribution in [2.24, 2.45) is 0 Å². The van der Waals surface area contributed by atoms with Gasteiger partial charge < -0.3 is 5.32 Å². The smallest absolute Gasteiger partial charge is 0.0488 e. The van der Waals surface area contributed by atoms with E-state index in [4.69, 9.17) is 23.2 Å². The van der Waals surface area contributed by atoms with Crippen molar-refractivity contribution in [2.45, 2.75) is 26.8 Å². The van der Waals surface area contributed by atoms with Gasteiger partial charge in [-0.25, -0.2) is 0 Å². The summed E-state index contributed by atoms with van der Waals surface area (Å²) < 4.78 is 0. The van der Waals surface area contributed by atoms with Crippen LogP contribution in [0.5, 0.6) is 0 Å². The highest BCUT2D eigenvalue weighted by molar-refractivity contribution is 6.35. The Bertz CT molecular complexity index is 573. The van der Waals surface area contributed by atoms with Crippen LogP contribution in [0, 0.1) is 13.8 Å². The number of anilines is 1. The van der Waals surface area contributed by atoms with Crippen LogP contribution in [0.1, 0.15) is 29.7 Å². The Morgan fingerprint density at radius 2 is 1.58 bits per heavy atom. The van der Waals surface area contributed by atoms with Crippen LogP contribution >= 0.6 is 23.2 Å². The minimum absolute atomic E-state index is 0.204. The second kappa shape index (κ2) is 5.85. The number of benzene rings is 2. The number of aryl methyl sites for hydroxylation is 2. The van der Waals surface area contributed by atoms with E-state index in [1.807, 2.05) is 12.1 Å². The Morgan fingerprint density at radius 1 is 0.947 bits per heavy atom. The fourth-order valence-corrected chi connectivity index (χ4v) is 2.80. The van der Waals surface area contributed by atoms with Crippen LogP contribution in [-0.2, 0) is 0 Å². The molecule has 1 atom stereocenters. The summed E-state index contributed by atoms with van der Waals surface area (Å²) in [5.41, 5.74) is 4.78. The highest BCUT2D eigenvalue weighted by Gasteiger charge is 2.09. The largest absolute Gasteiger partial charge is 0.378 e. The molecule has 0 bridgehead atoms. The van der Waals surface area contributed by atoms with Gasteiger partial charge in [-0.05, 0) is 50.1 Å². The van der Waals surface area contributed by atoms with Crippen molar-refractivity contribution < 1.29 is 0 Å². The summed E-state index contributed by atoms with van der Waals surface area (Å²) in [4.78, 5) is 0. The fourth-order valence-electron chi connectivity index (χ4n) is 2.28. The van der Waals surface area contributed by atoms with E-state index in [0.29, 0.717) is 10.0 Å². The zero-order valence-corrected chi connectivity index (χ0v) is 12.8. The molecule has 0 aliphatic heterocycles. The standard InChI is InChI=1S/C16H17Cl2N/c1-10-4-5-16(11(2)6-10)12(3)19-15-8-13(17)7-14(18)9-15/h4-9,12,19H,1-3H3. The summed E-state index contributed by atoms with van der Waals surface area (Å²) >= 11 is 12.0. The molecule has 0 spiro atoms. The minimum atomic E-state index is 0.204. The Morgan fingerprint density at radius 3 is 2.16 bits per heavy atom. The van der Waals surface area contributed by atoms with Crippen molar-refractivity contribution in [3.8, 4) is 0 Å². The lowest BCUT2D eigenvalue weighted by Crippen LogP contribution is -2.08. The molecule has 0 radical (unpaired) electrons. The predicted molar refractivity (Wildman–Crippen MR) is 84.4 cm³/mol. The van der Waals surface area contributed by atoms with Crippen LogP contribution in [0.4, 0.5) is 5.69 Å². The van der Waals surface area contributed by atoms with Gasteiger partial charge in [0, 0.05) is 21.8 Å². The van der Waals surface area contributed by atoms with Gasteiger partial charge in [-0.2, -0.15) is 0 Å². The highest BCUT2D eigenvalue weighted by atomic mass is 35.5. The summed E-state index contributed by atoms with van der Waals surface area (Å²) in [5.74, 6) is 0. The van der Waals surface area contributed by atoms with E-state index in [1.54, 1.807) is 6.07 Å². The normalized spacial score (nSPS) is 12.3. The van der Waals surface area contributed by atoms with E-state index in [1.165, 1.54) is 16.7 Å². The van der Waals surface area contributed by atoms with E-state index in [-0.39, 0.29) is 6.04 Å². The summed E-state index contributed by atoms with van der Waals surface area (Å²) in [6.07, 6.45) is 0. The lowest BCUT2D eigenvalue weighted by atomic mass is 10.00. The Hall–Kier alpha value is -1.18.